The summed E-state index contributed by atoms with van der Waals surface area (Å²) in [4.78, 5) is -0.917. The van der Waals surface area contributed by atoms with Crippen molar-refractivity contribution < 1.29 is 5.11 Å². The van der Waals surface area contributed by atoms with Gasteiger partial charge in [-0.1, -0.05) is 12.6 Å². The highest BCUT2D eigenvalue weighted by molar-refractivity contribution is 7.81. The molecule has 0 aliphatic rings. The molecule has 1 N–H and O–H groups in total. The van der Waals surface area contributed by atoms with Crippen molar-refractivity contribution >= 4 is 12.6 Å². The first kappa shape index (κ1) is 5.31. The number of hydrogen-bond acceptors (Lipinski definition) is 1. The summed E-state index contributed by atoms with van der Waals surface area (Å²) in [6.07, 6.45) is 0. The monoisotopic (exact) mass is 91.0 g/mol. The van der Waals surface area contributed by atoms with E-state index < -0.39 is 4.93 Å². The van der Waals surface area contributed by atoms with Gasteiger partial charge in [0.1, 0.15) is 4.93 Å². The molecule has 1 nitrogen and oxygen atoms in total. The van der Waals surface area contributed by atoms with Gasteiger partial charge < -0.3 is 5.11 Å². The summed E-state index contributed by atoms with van der Waals surface area (Å²) >= 11 is 4.38. The van der Waals surface area contributed by atoms with Crippen molar-refractivity contribution in [1.82, 2.24) is 0 Å². The van der Waals surface area contributed by atoms with Crippen LogP contribution in [-0.4, -0.2) is 10.0 Å². The lowest BCUT2D eigenvalue weighted by atomic mass is 10.5. The molecule has 0 saturated carbocycles. The van der Waals surface area contributed by atoms with Crippen molar-refractivity contribution in [3.8, 4) is 0 Å². The molecule has 0 bridgehead atoms. The van der Waals surface area contributed by atoms with Gasteiger partial charge in [0.25, 0.3) is 0 Å². The minimum atomic E-state index is -0.917. The maximum Gasteiger partial charge on any atom is 0.114 e. The van der Waals surface area contributed by atoms with Gasteiger partial charge >= 0.3 is 0 Å². The predicted octanol–water partition coefficient (Wildman–Crippen LogP) is 0.912. The molecule has 0 aliphatic heterocycles. The van der Waals surface area contributed by atoms with Crippen LogP contribution in [0.15, 0.2) is 0 Å². The van der Waals surface area contributed by atoms with Crippen LogP contribution in [0.2, 0.25) is 0 Å². The van der Waals surface area contributed by atoms with Crippen LogP contribution in [-0.2, 0) is 0 Å². The van der Waals surface area contributed by atoms with Gasteiger partial charge in [-0.25, -0.2) is 0 Å². The Balaban J connectivity index is 3.02. The van der Waals surface area contributed by atoms with E-state index in [2.05, 4.69) is 12.6 Å². The molecule has 0 aromatic heterocycles. The zero-order valence-corrected chi connectivity index (χ0v) is 4.17. The highest BCUT2D eigenvalue weighted by atomic mass is 32.1. The van der Waals surface area contributed by atoms with Crippen molar-refractivity contribution in [3.63, 3.8) is 0 Å². The van der Waals surface area contributed by atoms with E-state index in [0.29, 0.717) is 0 Å². The van der Waals surface area contributed by atoms with Crippen LogP contribution in [0.1, 0.15) is 13.8 Å². The molecule has 0 atom stereocenters. The molecule has 0 rings (SSSR count). The second-order valence-electron chi connectivity index (χ2n) is 1.45. The molecule has 31 valence electrons. The molecule has 2 heteroatoms. The lowest BCUT2D eigenvalue weighted by Crippen LogP contribution is -2.05. The smallest absolute Gasteiger partial charge is 0.114 e. The second-order valence-corrected chi connectivity index (χ2v) is 2.45. The van der Waals surface area contributed by atoms with Gasteiger partial charge in [-0.3, -0.25) is 0 Å². The average Bonchev–Trinajstić information content (AvgIpc) is 0.722. The van der Waals surface area contributed by atoms with E-state index in [-0.39, 0.29) is 0 Å². The Morgan fingerprint density at radius 1 is 1.60 bits per heavy atom. The minimum Gasteiger partial charge on any atom is -0.379 e. The van der Waals surface area contributed by atoms with E-state index in [1.54, 1.807) is 13.8 Å². The van der Waals surface area contributed by atoms with Gasteiger partial charge in [-0.15, -0.1) is 0 Å². The van der Waals surface area contributed by atoms with E-state index in [9.17, 15) is 0 Å². The number of rotatable bonds is 0. The van der Waals surface area contributed by atoms with Gasteiger partial charge in [0.05, 0.1) is 0 Å². The zero-order chi connectivity index (χ0) is 4.50. The maximum absolute atomic E-state index is 8.34. The molecule has 0 aliphatic carbocycles. The second kappa shape index (κ2) is 1.19. The summed E-state index contributed by atoms with van der Waals surface area (Å²) in [6.45, 7) is 3.12. The van der Waals surface area contributed by atoms with Gasteiger partial charge in [0.15, 0.2) is 0 Å². The third-order valence-electron chi connectivity index (χ3n) is 0. The van der Waals surface area contributed by atoms with Crippen LogP contribution in [0.5, 0.6) is 0 Å². The Kier molecular flexibility index (Phi) is 1.26. The van der Waals surface area contributed by atoms with E-state index in [1.165, 1.54) is 0 Å². The lowest BCUT2D eigenvalue weighted by Gasteiger charge is -2.01. The summed E-state index contributed by atoms with van der Waals surface area (Å²) in [7, 11) is 0. The SMILES string of the molecule is CC(C)(O)[S]. The molecule has 5 heavy (non-hydrogen) atoms. The number of hydrogen-bond donors (Lipinski definition) is 1. The molecule has 0 saturated heterocycles. The summed E-state index contributed by atoms with van der Waals surface area (Å²) in [6, 6.07) is 0. The molecule has 0 aromatic carbocycles. The Labute approximate surface area is 37.4 Å². The Morgan fingerprint density at radius 2 is 1.60 bits per heavy atom. The molecule has 0 fully saturated rings. The first-order valence-corrected chi connectivity index (χ1v) is 1.84. The topological polar surface area (TPSA) is 20.2 Å². The van der Waals surface area contributed by atoms with Gasteiger partial charge in [-0.05, 0) is 13.8 Å². The van der Waals surface area contributed by atoms with Crippen LogP contribution in [0, 0.1) is 0 Å². The normalized spacial score (nSPS) is 12.0. The van der Waals surface area contributed by atoms with Gasteiger partial charge in [0.2, 0.25) is 0 Å². The van der Waals surface area contributed by atoms with Crippen LogP contribution in [0.25, 0.3) is 0 Å². The van der Waals surface area contributed by atoms with Gasteiger partial charge in [-0.2, -0.15) is 0 Å². The minimum absolute atomic E-state index is 0.917. The largest absolute Gasteiger partial charge is 0.379 e. The average molecular weight is 91.2 g/mol. The molecular weight excluding hydrogens is 84.1 g/mol. The summed E-state index contributed by atoms with van der Waals surface area (Å²) in [5.41, 5.74) is 0. The third kappa shape index (κ3) is 239. The molecule has 1 radical (unpaired) electrons. The molecule has 0 aromatic rings. The van der Waals surface area contributed by atoms with Crippen molar-refractivity contribution in [3.05, 3.63) is 0 Å². The molecule has 0 spiro atoms. The van der Waals surface area contributed by atoms with Crippen LogP contribution in [0.4, 0.5) is 0 Å². The fraction of sp³-hybridized carbons (Fsp3) is 1.00. The zero-order valence-electron chi connectivity index (χ0n) is 3.36. The predicted molar refractivity (Wildman–Crippen MR) is 23.9 cm³/mol. The highest BCUT2D eigenvalue weighted by Gasteiger charge is 2.01. The highest BCUT2D eigenvalue weighted by Crippen LogP contribution is 2.02. The van der Waals surface area contributed by atoms with E-state index in [4.69, 9.17) is 5.11 Å². The van der Waals surface area contributed by atoms with Crippen LogP contribution >= 0.6 is 12.6 Å². The van der Waals surface area contributed by atoms with E-state index >= 15 is 0 Å². The maximum atomic E-state index is 8.34. The lowest BCUT2D eigenvalue weighted by molar-refractivity contribution is 0.181. The summed E-state index contributed by atoms with van der Waals surface area (Å²) in [5.74, 6) is 0. The van der Waals surface area contributed by atoms with Crippen molar-refractivity contribution in [1.29, 1.82) is 0 Å². The first-order valence-electron chi connectivity index (χ1n) is 1.43. The molecule has 0 amide bonds. The molecule has 0 unspecified atom stereocenters. The van der Waals surface area contributed by atoms with E-state index in [1.807, 2.05) is 0 Å². The fourth-order valence-electron chi connectivity index (χ4n) is 0. The van der Waals surface area contributed by atoms with Crippen LogP contribution < -0.4 is 0 Å². The Morgan fingerprint density at radius 3 is 1.60 bits per heavy atom. The molecular formula is C3H7OS. The quantitative estimate of drug-likeness (QED) is 0.470. The molecule has 0 heterocycles. The van der Waals surface area contributed by atoms with Crippen molar-refractivity contribution in [2.75, 3.05) is 0 Å². The first-order chi connectivity index (χ1) is 2.00. The summed E-state index contributed by atoms with van der Waals surface area (Å²) in [5, 5.41) is 8.34. The number of aliphatic hydroxyl groups is 1. The summed E-state index contributed by atoms with van der Waals surface area (Å²) < 4.78 is 0. The Bertz CT molecular complexity index is 22.4. The van der Waals surface area contributed by atoms with Crippen LogP contribution in [0.3, 0.4) is 0 Å². The standard InChI is InChI=1S/C3H7OS/c1-3(2,4)5/h4H,1-2H3. The fourth-order valence-corrected chi connectivity index (χ4v) is 0. The van der Waals surface area contributed by atoms with Crippen molar-refractivity contribution in [2.24, 2.45) is 0 Å². The third-order valence-corrected chi connectivity index (χ3v) is 0. The van der Waals surface area contributed by atoms with E-state index in [0.717, 1.165) is 0 Å². The Hall–Kier alpha value is 0.310. The van der Waals surface area contributed by atoms with Gasteiger partial charge in [0, 0.05) is 0 Å². The van der Waals surface area contributed by atoms with Crippen molar-refractivity contribution in [2.45, 2.75) is 18.8 Å².